The molecular weight excluding hydrogens is 306 g/mol. The first-order chi connectivity index (χ1) is 11.7. The second kappa shape index (κ2) is 7.40. The van der Waals surface area contributed by atoms with Crippen molar-refractivity contribution in [1.82, 2.24) is 30.2 Å². The lowest BCUT2D eigenvalue weighted by Crippen LogP contribution is -2.39. The highest BCUT2D eigenvalue weighted by Gasteiger charge is 2.15. The number of hydrogen-bond donors (Lipinski definition) is 3. The maximum atomic E-state index is 12.0. The Morgan fingerprint density at radius 3 is 2.88 bits per heavy atom. The standard InChI is InChI=1S/C16H19N7O/c1-12(15-22-21-14-7-3-5-11-23(14)15)20-16(24)19-10-9-18-13-6-2-4-8-17-13/h2-8,11-12H,9-10H2,1H3,(H,17,18)(H2,19,20,24)/t12-/m1/s1. The summed E-state index contributed by atoms with van der Waals surface area (Å²) >= 11 is 0. The van der Waals surface area contributed by atoms with Gasteiger partial charge in [-0.1, -0.05) is 12.1 Å². The lowest BCUT2D eigenvalue weighted by atomic mass is 10.3. The maximum absolute atomic E-state index is 12.0. The summed E-state index contributed by atoms with van der Waals surface area (Å²) in [6.07, 6.45) is 3.59. The largest absolute Gasteiger partial charge is 0.368 e. The summed E-state index contributed by atoms with van der Waals surface area (Å²) in [5.41, 5.74) is 0.751. The third-order valence-electron chi connectivity index (χ3n) is 3.46. The molecule has 2 amide bonds. The maximum Gasteiger partial charge on any atom is 0.315 e. The van der Waals surface area contributed by atoms with E-state index in [2.05, 4.69) is 31.1 Å². The fourth-order valence-corrected chi connectivity index (χ4v) is 2.30. The van der Waals surface area contributed by atoms with E-state index in [4.69, 9.17) is 0 Å². The number of nitrogens with zero attached hydrogens (tertiary/aromatic N) is 4. The third-order valence-corrected chi connectivity index (χ3v) is 3.46. The number of carbonyl (C=O) groups excluding carboxylic acids is 1. The Balaban J connectivity index is 1.46. The number of hydrogen-bond acceptors (Lipinski definition) is 5. The molecule has 0 fully saturated rings. The van der Waals surface area contributed by atoms with Crippen LogP contribution >= 0.6 is 0 Å². The molecule has 0 aromatic carbocycles. The van der Waals surface area contributed by atoms with E-state index in [0.29, 0.717) is 18.9 Å². The quantitative estimate of drug-likeness (QED) is 0.598. The number of amides is 2. The Morgan fingerprint density at radius 1 is 1.17 bits per heavy atom. The zero-order valence-electron chi connectivity index (χ0n) is 13.3. The first-order valence-electron chi connectivity index (χ1n) is 7.73. The highest BCUT2D eigenvalue weighted by molar-refractivity contribution is 5.74. The van der Waals surface area contributed by atoms with E-state index in [9.17, 15) is 4.79 Å². The Hall–Kier alpha value is -3.16. The number of anilines is 1. The molecule has 0 saturated heterocycles. The van der Waals surface area contributed by atoms with E-state index in [-0.39, 0.29) is 12.1 Å². The first kappa shape index (κ1) is 15.7. The zero-order valence-corrected chi connectivity index (χ0v) is 13.3. The molecular formula is C16H19N7O. The molecule has 8 heteroatoms. The van der Waals surface area contributed by atoms with Gasteiger partial charge >= 0.3 is 6.03 Å². The van der Waals surface area contributed by atoms with Crippen molar-refractivity contribution < 1.29 is 4.79 Å². The second-order valence-electron chi connectivity index (χ2n) is 5.25. The van der Waals surface area contributed by atoms with Gasteiger partial charge in [-0.2, -0.15) is 0 Å². The number of aromatic nitrogens is 4. The van der Waals surface area contributed by atoms with Gasteiger partial charge in [0, 0.05) is 25.5 Å². The van der Waals surface area contributed by atoms with Crippen LogP contribution < -0.4 is 16.0 Å². The molecule has 1 atom stereocenters. The molecule has 0 aliphatic rings. The van der Waals surface area contributed by atoms with Gasteiger partial charge < -0.3 is 16.0 Å². The monoisotopic (exact) mass is 325 g/mol. The van der Waals surface area contributed by atoms with Gasteiger partial charge in [0.1, 0.15) is 5.82 Å². The van der Waals surface area contributed by atoms with E-state index in [1.54, 1.807) is 6.20 Å². The Morgan fingerprint density at radius 2 is 2.04 bits per heavy atom. The minimum Gasteiger partial charge on any atom is -0.368 e. The van der Waals surface area contributed by atoms with Crippen LogP contribution in [0, 0.1) is 0 Å². The van der Waals surface area contributed by atoms with Gasteiger partial charge in [-0.15, -0.1) is 10.2 Å². The summed E-state index contributed by atoms with van der Waals surface area (Å²) in [4.78, 5) is 16.1. The summed E-state index contributed by atoms with van der Waals surface area (Å²) in [6, 6.07) is 10.8. The van der Waals surface area contributed by atoms with Crippen LogP contribution in [0.1, 0.15) is 18.8 Å². The minimum atomic E-state index is -0.258. The number of carbonyl (C=O) groups is 1. The molecule has 124 valence electrons. The minimum absolute atomic E-state index is 0.252. The molecule has 0 aliphatic heterocycles. The summed E-state index contributed by atoms with van der Waals surface area (Å²) in [5.74, 6) is 1.47. The van der Waals surface area contributed by atoms with E-state index < -0.39 is 0 Å². The molecule has 0 spiro atoms. The van der Waals surface area contributed by atoms with Gasteiger partial charge in [0.2, 0.25) is 0 Å². The highest BCUT2D eigenvalue weighted by Crippen LogP contribution is 2.11. The van der Waals surface area contributed by atoms with Crippen LogP contribution in [0.15, 0.2) is 48.8 Å². The number of nitrogens with one attached hydrogen (secondary N) is 3. The molecule has 0 saturated carbocycles. The average molecular weight is 325 g/mol. The predicted molar refractivity (Wildman–Crippen MR) is 90.7 cm³/mol. The van der Waals surface area contributed by atoms with Crippen LogP contribution in [0.5, 0.6) is 0 Å². The second-order valence-corrected chi connectivity index (χ2v) is 5.25. The zero-order chi connectivity index (χ0) is 16.8. The molecule has 3 heterocycles. The third kappa shape index (κ3) is 3.78. The first-order valence-corrected chi connectivity index (χ1v) is 7.73. The summed E-state index contributed by atoms with van der Waals surface area (Å²) < 4.78 is 1.85. The SMILES string of the molecule is C[C@@H](NC(=O)NCCNc1ccccn1)c1nnc2ccccn12. The molecule has 3 rings (SSSR count). The molecule has 0 aliphatic carbocycles. The predicted octanol–water partition coefficient (Wildman–Crippen LogP) is 1.60. The fourth-order valence-electron chi connectivity index (χ4n) is 2.30. The average Bonchev–Trinajstić information content (AvgIpc) is 3.04. The van der Waals surface area contributed by atoms with E-state index >= 15 is 0 Å². The highest BCUT2D eigenvalue weighted by atomic mass is 16.2. The molecule has 24 heavy (non-hydrogen) atoms. The number of rotatable bonds is 6. The van der Waals surface area contributed by atoms with Gasteiger partial charge in [0.25, 0.3) is 0 Å². The molecule has 3 N–H and O–H groups in total. The number of pyridine rings is 2. The van der Waals surface area contributed by atoms with Crippen molar-refractivity contribution in [3.8, 4) is 0 Å². The number of urea groups is 1. The van der Waals surface area contributed by atoms with Gasteiger partial charge in [0.05, 0.1) is 6.04 Å². The van der Waals surface area contributed by atoms with Crippen molar-refractivity contribution in [2.24, 2.45) is 0 Å². The Bertz CT molecular complexity index is 802. The van der Waals surface area contributed by atoms with Crippen LogP contribution in [-0.4, -0.2) is 38.7 Å². The van der Waals surface area contributed by atoms with E-state index in [1.165, 1.54) is 0 Å². The number of fused-ring (bicyclic) bond motifs is 1. The topological polar surface area (TPSA) is 96.2 Å². The Labute approximate surface area is 139 Å². The molecule has 3 aromatic heterocycles. The molecule has 0 radical (unpaired) electrons. The summed E-state index contributed by atoms with van der Waals surface area (Å²) in [7, 11) is 0. The van der Waals surface area contributed by atoms with Crippen LogP contribution in [0.3, 0.4) is 0 Å². The smallest absolute Gasteiger partial charge is 0.315 e. The summed E-state index contributed by atoms with van der Waals surface area (Å²) in [6.45, 7) is 2.94. The molecule has 3 aromatic rings. The van der Waals surface area contributed by atoms with Crippen LogP contribution in [0.25, 0.3) is 5.65 Å². The van der Waals surface area contributed by atoms with Gasteiger partial charge in [0.15, 0.2) is 11.5 Å². The van der Waals surface area contributed by atoms with E-state index in [0.717, 1.165) is 11.5 Å². The normalized spacial score (nSPS) is 11.9. The van der Waals surface area contributed by atoms with Gasteiger partial charge in [-0.3, -0.25) is 4.40 Å². The van der Waals surface area contributed by atoms with Crippen LogP contribution in [-0.2, 0) is 0 Å². The molecule has 0 bridgehead atoms. The summed E-state index contributed by atoms with van der Waals surface area (Å²) in [5, 5.41) is 17.0. The molecule has 8 nitrogen and oxygen atoms in total. The van der Waals surface area contributed by atoms with Gasteiger partial charge in [-0.25, -0.2) is 9.78 Å². The van der Waals surface area contributed by atoms with Gasteiger partial charge in [-0.05, 0) is 31.2 Å². The van der Waals surface area contributed by atoms with Crippen molar-refractivity contribution in [2.75, 3.05) is 18.4 Å². The van der Waals surface area contributed by atoms with Crippen molar-refractivity contribution >= 4 is 17.5 Å². The molecule has 0 unspecified atom stereocenters. The van der Waals surface area contributed by atoms with E-state index in [1.807, 2.05) is 53.9 Å². The van der Waals surface area contributed by atoms with Crippen LogP contribution in [0.4, 0.5) is 10.6 Å². The Kier molecular flexibility index (Phi) is 4.85. The van der Waals surface area contributed by atoms with Crippen molar-refractivity contribution in [2.45, 2.75) is 13.0 Å². The lowest BCUT2D eigenvalue weighted by Gasteiger charge is -2.13. The van der Waals surface area contributed by atoms with Crippen molar-refractivity contribution in [1.29, 1.82) is 0 Å². The van der Waals surface area contributed by atoms with Crippen molar-refractivity contribution in [3.63, 3.8) is 0 Å². The van der Waals surface area contributed by atoms with Crippen molar-refractivity contribution in [3.05, 3.63) is 54.6 Å². The fraction of sp³-hybridized carbons (Fsp3) is 0.250. The van der Waals surface area contributed by atoms with Crippen LogP contribution in [0.2, 0.25) is 0 Å². The lowest BCUT2D eigenvalue weighted by molar-refractivity contribution is 0.238.